The fourth-order valence-corrected chi connectivity index (χ4v) is 4.43. The van der Waals surface area contributed by atoms with Gasteiger partial charge in [-0.15, -0.1) is 0 Å². The molecule has 0 aliphatic carbocycles. The second kappa shape index (κ2) is 10.2. The summed E-state index contributed by atoms with van der Waals surface area (Å²) in [6.07, 6.45) is -3.25. The van der Waals surface area contributed by atoms with Crippen LogP contribution in [0.4, 0.5) is 18.0 Å². The van der Waals surface area contributed by atoms with Crippen LogP contribution in [0.2, 0.25) is 0 Å². The predicted molar refractivity (Wildman–Crippen MR) is 127 cm³/mol. The summed E-state index contributed by atoms with van der Waals surface area (Å²) in [7, 11) is 0. The Morgan fingerprint density at radius 1 is 0.971 bits per heavy atom. The predicted octanol–water partition coefficient (Wildman–Crippen LogP) is 5.45. The Kier molecular flexibility index (Phi) is 7.10. The Morgan fingerprint density at radius 3 is 2.34 bits per heavy atom. The van der Waals surface area contributed by atoms with Crippen LogP contribution in [0.15, 0.2) is 72.8 Å². The maximum absolute atomic E-state index is 13.1. The second-order valence-electron chi connectivity index (χ2n) is 8.61. The van der Waals surface area contributed by atoms with E-state index in [1.807, 2.05) is 48.5 Å². The fourth-order valence-electron chi connectivity index (χ4n) is 4.43. The molecule has 0 radical (unpaired) electrons. The molecule has 1 heterocycles. The molecule has 0 saturated carbocycles. The largest absolute Gasteiger partial charge is 0.416 e. The zero-order valence-electron chi connectivity index (χ0n) is 19.0. The number of nitrogens with two attached hydrogens (primary N) is 1. The first kappa shape index (κ1) is 24.3. The molecule has 3 amide bonds. The van der Waals surface area contributed by atoms with Crippen molar-refractivity contribution in [3.8, 4) is 11.1 Å². The smallest absolute Gasteiger partial charge is 0.370 e. The molecule has 0 unspecified atom stereocenters. The average molecular weight is 482 g/mol. The molecule has 3 aromatic carbocycles. The van der Waals surface area contributed by atoms with Gasteiger partial charge in [-0.2, -0.15) is 13.2 Å². The zero-order valence-corrected chi connectivity index (χ0v) is 19.0. The summed E-state index contributed by atoms with van der Waals surface area (Å²) in [4.78, 5) is 26.1. The van der Waals surface area contributed by atoms with Gasteiger partial charge in [-0.25, -0.2) is 4.79 Å². The van der Waals surface area contributed by atoms with Gasteiger partial charge in [0.2, 0.25) is 5.91 Å². The van der Waals surface area contributed by atoms with E-state index in [0.29, 0.717) is 31.5 Å². The first-order valence-corrected chi connectivity index (χ1v) is 11.4. The van der Waals surface area contributed by atoms with Gasteiger partial charge >= 0.3 is 12.2 Å². The van der Waals surface area contributed by atoms with Gasteiger partial charge in [0.1, 0.15) is 0 Å². The number of carbonyl (C=O) groups excluding carboxylic acids is 2. The van der Waals surface area contributed by atoms with Gasteiger partial charge in [-0.3, -0.25) is 4.79 Å². The second-order valence-corrected chi connectivity index (χ2v) is 8.61. The van der Waals surface area contributed by atoms with Crippen molar-refractivity contribution in [2.24, 2.45) is 5.73 Å². The van der Waals surface area contributed by atoms with Crippen LogP contribution in [0.5, 0.6) is 0 Å². The summed E-state index contributed by atoms with van der Waals surface area (Å²) in [6.45, 7) is 0.848. The SMILES string of the molecule is NC(=O)CC[C@H](NC(=O)N1CCc2c(cccc2-c2ccc(C(F)(F)F)cc2)C1)c1ccccc1. The minimum Gasteiger partial charge on any atom is -0.370 e. The van der Waals surface area contributed by atoms with Crippen molar-refractivity contribution < 1.29 is 22.8 Å². The molecule has 3 N–H and O–H groups in total. The maximum atomic E-state index is 13.1. The van der Waals surface area contributed by atoms with Crippen LogP contribution in [0, 0.1) is 0 Å². The van der Waals surface area contributed by atoms with E-state index in [2.05, 4.69) is 5.32 Å². The van der Waals surface area contributed by atoms with Crippen LogP contribution >= 0.6 is 0 Å². The van der Waals surface area contributed by atoms with Crippen LogP contribution in [0.25, 0.3) is 11.1 Å². The highest BCUT2D eigenvalue weighted by Gasteiger charge is 2.30. The molecule has 35 heavy (non-hydrogen) atoms. The third-order valence-corrected chi connectivity index (χ3v) is 6.26. The number of fused-ring (bicyclic) bond motifs is 1. The molecule has 182 valence electrons. The molecule has 5 nitrogen and oxygen atoms in total. The lowest BCUT2D eigenvalue weighted by atomic mass is 9.90. The summed E-state index contributed by atoms with van der Waals surface area (Å²) in [5.74, 6) is -0.428. The number of carbonyl (C=O) groups is 2. The number of benzene rings is 3. The lowest BCUT2D eigenvalue weighted by molar-refractivity contribution is -0.137. The molecule has 0 saturated heterocycles. The van der Waals surface area contributed by atoms with Gasteiger partial charge in [0, 0.05) is 19.5 Å². The molecule has 3 aromatic rings. The van der Waals surface area contributed by atoms with E-state index in [0.717, 1.165) is 34.4 Å². The number of hydrogen-bond donors (Lipinski definition) is 2. The van der Waals surface area contributed by atoms with Gasteiger partial charge in [-0.05, 0) is 52.8 Å². The van der Waals surface area contributed by atoms with Crippen LogP contribution in [0.3, 0.4) is 0 Å². The molecule has 1 aliphatic heterocycles. The van der Waals surface area contributed by atoms with Crippen LogP contribution < -0.4 is 11.1 Å². The number of hydrogen-bond acceptors (Lipinski definition) is 2. The number of nitrogens with one attached hydrogen (secondary N) is 1. The van der Waals surface area contributed by atoms with Crippen molar-refractivity contribution in [1.29, 1.82) is 0 Å². The molecular formula is C27H26F3N3O2. The van der Waals surface area contributed by atoms with Crippen molar-refractivity contribution in [3.63, 3.8) is 0 Å². The third-order valence-electron chi connectivity index (χ3n) is 6.26. The van der Waals surface area contributed by atoms with E-state index in [9.17, 15) is 22.8 Å². The monoisotopic (exact) mass is 481 g/mol. The Morgan fingerprint density at radius 2 is 1.69 bits per heavy atom. The van der Waals surface area contributed by atoms with Crippen LogP contribution in [-0.2, 0) is 23.9 Å². The highest BCUT2D eigenvalue weighted by molar-refractivity contribution is 5.77. The quantitative estimate of drug-likeness (QED) is 0.492. The van der Waals surface area contributed by atoms with E-state index < -0.39 is 17.6 Å². The lowest BCUT2D eigenvalue weighted by Crippen LogP contribution is -2.44. The van der Waals surface area contributed by atoms with Crippen molar-refractivity contribution in [2.45, 2.75) is 38.0 Å². The summed E-state index contributed by atoms with van der Waals surface area (Å²) in [5, 5.41) is 3.03. The van der Waals surface area contributed by atoms with Crippen molar-refractivity contribution in [3.05, 3.63) is 95.1 Å². The van der Waals surface area contributed by atoms with Crippen LogP contribution in [-0.4, -0.2) is 23.4 Å². The highest BCUT2D eigenvalue weighted by Crippen LogP contribution is 2.34. The number of halogens is 3. The van der Waals surface area contributed by atoms with Crippen LogP contribution in [0.1, 0.15) is 41.1 Å². The Bertz CT molecular complexity index is 1190. The number of amides is 3. The van der Waals surface area contributed by atoms with Crippen molar-refractivity contribution in [1.82, 2.24) is 10.2 Å². The van der Waals surface area contributed by atoms with Gasteiger partial charge in [0.15, 0.2) is 0 Å². The molecule has 0 aromatic heterocycles. The zero-order chi connectivity index (χ0) is 25.0. The Hall–Kier alpha value is -3.81. The van der Waals surface area contributed by atoms with E-state index >= 15 is 0 Å². The number of primary amides is 1. The van der Waals surface area contributed by atoms with E-state index in [4.69, 9.17) is 5.73 Å². The number of urea groups is 1. The first-order valence-electron chi connectivity index (χ1n) is 11.4. The van der Waals surface area contributed by atoms with Gasteiger partial charge < -0.3 is 16.0 Å². The van der Waals surface area contributed by atoms with Gasteiger partial charge in [0.05, 0.1) is 11.6 Å². The molecule has 0 fully saturated rings. The molecule has 4 rings (SSSR count). The Labute approximate surface area is 201 Å². The topological polar surface area (TPSA) is 75.4 Å². The fraction of sp³-hybridized carbons (Fsp3) is 0.259. The maximum Gasteiger partial charge on any atom is 0.416 e. The van der Waals surface area contributed by atoms with E-state index in [1.54, 1.807) is 4.90 Å². The minimum atomic E-state index is -4.38. The van der Waals surface area contributed by atoms with E-state index in [1.165, 1.54) is 12.1 Å². The van der Waals surface area contributed by atoms with Crippen molar-refractivity contribution in [2.75, 3.05) is 6.54 Å². The average Bonchev–Trinajstić information content (AvgIpc) is 2.85. The molecule has 0 bridgehead atoms. The molecular weight excluding hydrogens is 455 g/mol. The number of rotatable bonds is 6. The molecule has 8 heteroatoms. The summed E-state index contributed by atoms with van der Waals surface area (Å²) >= 11 is 0. The van der Waals surface area contributed by atoms with Crippen molar-refractivity contribution >= 4 is 11.9 Å². The lowest BCUT2D eigenvalue weighted by Gasteiger charge is -2.32. The minimum absolute atomic E-state index is 0.152. The third kappa shape index (κ3) is 5.82. The summed E-state index contributed by atoms with van der Waals surface area (Å²) in [5.41, 5.74) is 9.10. The normalized spacial score (nSPS) is 14.2. The van der Waals surface area contributed by atoms with Gasteiger partial charge in [0.25, 0.3) is 0 Å². The summed E-state index contributed by atoms with van der Waals surface area (Å²) < 4.78 is 38.8. The summed E-state index contributed by atoms with van der Waals surface area (Å²) in [6, 6.07) is 19.7. The highest BCUT2D eigenvalue weighted by atomic mass is 19.4. The first-order chi connectivity index (χ1) is 16.7. The molecule has 1 aliphatic rings. The van der Waals surface area contributed by atoms with Gasteiger partial charge in [-0.1, -0.05) is 60.7 Å². The van der Waals surface area contributed by atoms with E-state index in [-0.39, 0.29) is 18.5 Å². The number of alkyl halides is 3. The molecule has 1 atom stereocenters. The standard InChI is InChI=1S/C27H26F3N3O2/c28-27(29,30)21-11-9-18(10-12-21)22-8-4-7-20-17-33(16-15-23(20)22)26(35)32-24(13-14-25(31)34)19-5-2-1-3-6-19/h1-12,24H,13-17H2,(H2,31,34)(H,32,35)/t24-/m0/s1. The Balaban J connectivity index is 1.50. The molecule has 0 spiro atoms. The number of nitrogens with zero attached hydrogens (tertiary/aromatic N) is 1.